The van der Waals surface area contributed by atoms with Crippen LogP contribution in [0.2, 0.25) is 0 Å². The van der Waals surface area contributed by atoms with Crippen LogP contribution in [0.3, 0.4) is 0 Å². The number of likely N-dealkylation sites (N-methyl/N-ethyl adjacent to an activating group) is 1. The Morgan fingerprint density at radius 3 is 2.63 bits per heavy atom. The Bertz CT molecular complexity index is 452. The average molecular weight is 286 g/mol. The van der Waals surface area contributed by atoms with Crippen LogP contribution < -0.4 is 10.6 Å². The van der Waals surface area contributed by atoms with E-state index in [1.165, 1.54) is 18.5 Å². The van der Waals surface area contributed by atoms with Crippen LogP contribution in [-0.4, -0.2) is 30.1 Å². The molecule has 0 saturated heterocycles. The molecule has 1 aliphatic rings. The number of hydrogen-bond acceptors (Lipinski definition) is 2. The topological polar surface area (TPSA) is 46.1 Å². The minimum absolute atomic E-state index is 0. The third-order valence-electron chi connectivity index (χ3n) is 3.70. The van der Waals surface area contributed by atoms with E-state index in [9.17, 15) is 4.79 Å². The third kappa shape index (κ3) is 3.51. The number of carbonyl (C=O) groups excluding carboxylic acids is 1. The number of aromatic nitrogens is 1. The zero-order chi connectivity index (χ0) is 13.3. The summed E-state index contributed by atoms with van der Waals surface area (Å²) in [5.41, 5.74) is 3.12. The highest BCUT2D eigenvalue weighted by Gasteiger charge is 2.28. The Morgan fingerprint density at radius 2 is 2.11 bits per heavy atom. The monoisotopic (exact) mass is 285 g/mol. The van der Waals surface area contributed by atoms with E-state index in [4.69, 9.17) is 0 Å². The zero-order valence-corrected chi connectivity index (χ0v) is 12.9. The number of rotatable bonds is 5. The van der Waals surface area contributed by atoms with Gasteiger partial charge in [-0.1, -0.05) is 0 Å². The Balaban J connectivity index is 0.00000180. The highest BCUT2D eigenvalue weighted by atomic mass is 35.5. The molecule has 19 heavy (non-hydrogen) atoms. The van der Waals surface area contributed by atoms with Crippen LogP contribution >= 0.6 is 12.4 Å². The highest BCUT2D eigenvalue weighted by Crippen LogP contribution is 2.38. The van der Waals surface area contributed by atoms with Crippen LogP contribution in [0.5, 0.6) is 0 Å². The largest absolute Gasteiger partial charge is 0.350 e. The van der Waals surface area contributed by atoms with Crippen LogP contribution in [0.4, 0.5) is 0 Å². The molecule has 5 heteroatoms. The lowest BCUT2D eigenvalue weighted by atomic mass is 10.2. The maximum atomic E-state index is 12.1. The van der Waals surface area contributed by atoms with Crippen molar-refractivity contribution >= 4 is 18.3 Å². The first kappa shape index (κ1) is 16.1. The Morgan fingerprint density at radius 1 is 1.47 bits per heavy atom. The summed E-state index contributed by atoms with van der Waals surface area (Å²) in [6.45, 7) is 6.83. The van der Waals surface area contributed by atoms with E-state index in [-0.39, 0.29) is 18.3 Å². The molecule has 1 atom stereocenters. The summed E-state index contributed by atoms with van der Waals surface area (Å²) in [5, 5.41) is 6.09. The SMILES string of the molecule is CNC(C)CNC(=O)c1cc(C)n(C2CC2)c1C.Cl. The molecule has 0 aliphatic heterocycles. The third-order valence-corrected chi connectivity index (χ3v) is 3.70. The molecule has 1 amide bonds. The lowest BCUT2D eigenvalue weighted by molar-refractivity contribution is 0.0950. The first-order valence-corrected chi connectivity index (χ1v) is 6.68. The summed E-state index contributed by atoms with van der Waals surface area (Å²) in [6.07, 6.45) is 2.49. The second kappa shape index (κ2) is 6.44. The molecule has 2 rings (SSSR count). The van der Waals surface area contributed by atoms with Crippen molar-refractivity contribution in [3.63, 3.8) is 0 Å². The van der Waals surface area contributed by atoms with Crippen molar-refractivity contribution in [2.45, 2.75) is 45.7 Å². The molecule has 108 valence electrons. The Kier molecular flexibility index (Phi) is 5.44. The van der Waals surface area contributed by atoms with Crippen LogP contribution in [0.1, 0.15) is 47.6 Å². The van der Waals surface area contributed by atoms with E-state index in [2.05, 4.69) is 22.1 Å². The lowest BCUT2D eigenvalue weighted by Gasteiger charge is -2.12. The van der Waals surface area contributed by atoms with Gasteiger partial charge in [0.15, 0.2) is 0 Å². The molecule has 0 bridgehead atoms. The zero-order valence-electron chi connectivity index (χ0n) is 12.1. The van der Waals surface area contributed by atoms with Crippen LogP contribution in [0.15, 0.2) is 6.07 Å². The molecule has 1 saturated carbocycles. The van der Waals surface area contributed by atoms with Gasteiger partial charge < -0.3 is 15.2 Å². The molecule has 4 nitrogen and oxygen atoms in total. The van der Waals surface area contributed by atoms with Gasteiger partial charge in [-0.05, 0) is 46.7 Å². The van der Waals surface area contributed by atoms with Gasteiger partial charge in [-0.2, -0.15) is 0 Å². The normalized spacial score (nSPS) is 15.8. The van der Waals surface area contributed by atoms with Crippen LogP contribution in [0.25, 0.3) is 0 Å². The van der Waals surface area contributed by atoms with Gasteiger partial charge in [0.1, 0.15) is 0 Å². The average Bonchev–Trinajstić information content (AvgIpc) is 3.12. The van der Waals surface area contributed by atoms with Crippen LogP contribution in [0, 0.1) is 13.8 Å². The van der Waals surface area contributed by atoms with Crippen molar-refractivity contribution < 1.29 is 4.79 Å². The van der Waals surface area contributed by atoms with Gasteiger partial charge in [-0.3, -0.25) is 4.79 Å². The molecule has 0 aromatic carbocycles. The van der Waals surface area contributed by atoms with Gasteiger partial charge in [0.25, 0.3) is 5.91 Å². The molecule has 1 heterocycles. The molecule has 1 aromatic rings. The fourth-order valence-corrected chi connectivity index (χ4v) is 2.34. The predicted molar refractivity (Wildman–Crippen MR) is 80.3 cm³/mol. The fourth-order valence-electron chi connectivity index (χ4n) is 2.34. The van der Waals surface area contributed by atoms with Crippen molar-refractivity contribution in [3.8, 4) is 0 Å². The molecule has 0 spiro atoms. The Hall–Kier alpha value is -1.00. The van der Waals surface area contributed by atoms with Gasteiger partial charge in [0, 0.05) is 30.0 Å². The summed E-state index contributed by atoms with van der Waals surface area (Å²) in [4.78, 5) is 12.1. The molecular weight excluding hydrogens is 262 g/mol. The molecule has 0 radical (unpaired) electrons. The highest BCUT2D eigenvalue weighted by molar-refractivity contribution is 5.95. The van der Waals surface area contributed by atoms with Gasteiger partial charge in [-0.25, -0.2) is 0 Å². The summed E-state index contributed by atoms with van der Waals surface area (Å²) in [5.74, 6) is 0.0390. The molecule has 1 fully saturated rings. The molecule has 1 aliphatic carbocycles. The number of halogens is 1. The second-order valence-electron chi connectivity index (χ2n) is 5.29. The van der Waals surface area contributed by atoms with E-state index in [0.717, 1.165) is 11.3 Å². The van der Waals surface area contributed by atoms with E-state index >= 15 is 0 Å². The number of nitrogens with one attached hydrogen (secondary N) is 2. The molecular formula is C14H24ClN3O. The van der Waals surface area contributed by atoms with Gasteiger partial charge in [0.05, 0.1) is 5.56 Å². The van der Waals surface area contributed by atoms with E-state index in [0.29, 0.717) is 18.6 Å². The van der Waals surface area contributed by atoms with E-state index in [1.54, 1.807) is 0 Å². The molecule has 1 aromatic heterocycles. The summed E-state index contributed by atoms with van der Waals surface area (Å²) in [6, 6.07) is 2.93. The molecule has 2 N–H and O–H groups in total. The Labute approximate surface area is 121 Å². The van der Waals surface area contributed by atoms with Crippen molar-refractivity contribution in [3.05, 3.63) is 23.0 Å². The lowest BCUT2D eigenvalue weighted by Crippen LogP contribution is -2.37. The van der Waals surface area contributed by atoms with E-state index in [1.807, 2.05) is 27.0 Å². The number of carbonyl (C=O) groups is 1. The number of aryl methyl sites for hydroxylation is 1. The number of hydrogen-bond donors (Lipinski definition) is 2. The van der Waals surface area contributed by atoms with Gasteiger partial charge in [0.2, 0.25) is 0 Å². The predicted octanol–water partition coefficient (Wildman–Crippen LogP) is 2.20. The quantitative estimate of drug-likeness (QED) is 0.871. The smallest absolute Gasteiger partial charge is 0.253 e. The summed E-state index contributed by atoms with van der Waals surface area (Å²) < 4.78 is 2.30. The van der Waals surface area contributed by atoms with E-state index < -0.39 is 0 Å². The van der Waals surface area contributed by atoms with Crippen molar-refractivity contribution in [1.82, 2.24) is 15.2 Å². The van der Waals surface area contributed by atoms with Gasteiger partial charge in [-0.15, -0.1) is 12.4 Å². The first-order valence-electron chi connectivity index (χ1n) is 6.68. The maximum absolute atomic E-state index is 12.1. The minimum Gasteiger partial charge on any atom is -0.350 e. The minimum atomic E-state index is 0. The summed E-state index contributed by atoms with van der Waals surface area (Å²) >= 11 is 0. The number of nitrogens with zero attached hydrogens (tertiary/aromatic N) is 1. The molecule has 1 unspecified atom stereocenters. The first-order chi connectivity index (χ1) is 8.54. The van der Waals surface area contributed by atoms with Crippen molar-refractivity contribution in [1.29, 1.82) is 0 Å². The van der Waals surface area contributed by atoms with Crippen LogP contribution in [-0.2, 0) is 0 Å². The maximum Gasteiger partial charge on any atom is 0.253 e. The van der Waals surface area contributed by atoms with Gasteiger partial charge >= 0.3 is 0 Å². The standard InChI is InChI=1S/C14H23N3O.ClH/c1-9(15-4)8-16-14(18)13-7-10(2)17(11(13)3)12-5-6-12;/h7,9,12,15H,5-6,8H2,1-4H3,(H,16,18);1H. The second-order valence-corrected chi connectivity index (χ2v) is 5.29. The fraction of sp³-hybridized carbons (Fsp3) is 0.643. The summed E-state index contributed by atoms with van der Waals surface area (Å²) in [7, 11) is 1.90. The van der Waals surface area contributed by atoms with Crippen molar-refractivity contribution in [2.24, 2.45) is 0 Å². The number of amides is 1. The van der Waals surface area contributed by atoms with Crippen molar-refractivity contribution in [2.75, 3.05) is 13.6 Å².